The molecule has 9 nitrogen and oxygen atoms in total. The fourth-order valence-electron chi connectivity index (χ4n) is 2.45. The van der Waals surface area contributed by atoms with Gasteiger partial charge in [-0.2, -0.15) is 18.3 Å². The van der Waals surface area contributed by atoms with Crippen molar-refractivity contribution in [3.05, 3.63) is 58.6 Å². The van der Waals surface area contributed by atoms with Gasteiger partial charge < -0.3 is 15.9 Å². The first-order chi connectivity index (χ1) is 15.7. The van der Waals surface area contributed by atoms with Crippen molar-refractivity contribution >= 4 is 47.1 Å². The van der Waals surface area contributed by atoms with Crippen molar-refractivity contribution in [2.45, 2.75) is 11.3 Å². The van der Waals surface area contributed by atoms with E-state index in [1.54, 1.807) is 31.4 Å². The lowest BCUT2D eigenvalue weighted by molar-refractivity contribution is -0.137. The highest BCUT2D eigenvalue weighted by atomic mass is 35.5. The molecule has 0 bridgehead atoms. The standard InChI is InChI=1S/C19H17ClF3N7O2S/c1-32-13-5-2-11(3-6-13)9-25-27-17-28-29-18(30(17)24)33-10-16(31)26-12-4-7-15(20)14(8-12)19(21,22)23/h2-9H,10,24H2,1H3,(H,26,31)(H,27,28)/b25-9+. The number of hydrogen-bond acceptors (Lipinski definition) is 8. The topological polar surface area (TPSA) is 119 Å². The van der Waals surface area contributed by atoms with E-state index >= 15 is 0 Å². The van der Waals surface area contributed by atoms with Crippen molar-refractivity contribution < 1.29 is 22.7 Å². The number of nitrogens with two attached hydrogens (primary N) is 1. The van der Waals surface area contributed by atoms with Crippen LogP contribution in [0, 0.1) is 0 Å². The Hall–Kier alpha value is -3.45. The number of alkyl halides is 3. The van der Waals surface area contributed by atoms with Gasteiger partial charge in [-0.3, -0.25) is 4.79 Å². The number of hydrazone groups is 1. The van der Waals surface area contributed by atoms with Gasteiger partial charge in [0.2, 0.25) is 11.1 Å². The lowest BCUT2D eigenvalue weighted by Crippen LogP contribution is -2.17. The van der Waals surface area contributed by atoms with Crippen molar-refractivity contribution in [2.75, 3.05) is 29.4 Å². The molecule has 0 spiro atoms. The molecular weight excluding hydrogens is 483 g/mol. The number of nitrogen functional groups attached to an aromatic ring is 1. The van der Waals surface area contributed by atoms with Crippen LogP contribution in [0.25, 0.3) is 0 Å². The van der Waals surface area contributed by atoms with Crippen LogP contribution in [-0.4, -0.2) is 39.9 Å². The minimum Gasteiger partial charge on any atom is -0.497 e. The number of ether oxygens (including phenoxy) is 1. The molecule has 3 aromatic rings. The van der Waals surface area contributed by atoms with E-state index in [1.165, 1.54) is 12.3 Å². The molecule has 4 N–H and O–H groups in total. The molecule has 33 heavy (non-hydrogen) atoms. The lowest BCUT2D eigenvalue weighted by Gasteiger charge is -2.11. The normalized spacial score (nSPS) is 11.5. The Bertz CT molecular complexity index is 1150. The molecule has 0 fully saturated rings. The van der Waals surface area contributed by atoms with Crippen LogP contribution in [0.4, 0.5) is 24.8 Å². The Balaban J connectivity index is 1.55. The maximum atomic E-state index is 12.9. The number of nitrogens with zero attached hydrogens (tertiary/aromatic N) is 4. The largest absolute Gasteiger partial charge is 0.497 e. The summed E-state index contributed by atoms with van der Waals surface area (Å²) < 4.78 is 45.0. The maximum absolute atomic E-state index is 12.9. The lowest BCUT2D eigenvalue weighted by atomic mass is 10.2. The van der Waals surface area contributed by atoms with Crippen molar-refractivity contribution in [1.82, 2.24) is 14.9 Å². The van der Waals surface area contributed by atoms with Crippen LogP contribution in [0.15, 0.2) is 52.7 Å². The quantitative estimate of drug-likeness (QED) is 0.186. The molecule has 0 unspecified atom stereocenters. The molecule has 0 aliphatic carbocycles. The Labute approximate surface area is 195 Å². The third kappa shape index (κ3) is 6.52. The van der Waals surface area contributed by atoms with E-state index in [0.29, 0.717) is 5.75 Å². The van der Waals surface area contributed by atoms with Gasteiger partial charge in [0.1, 0.15) is 5.75 Å². The monoisotopic (exact) mass is 499 g/mol. The fraction of sp³-hybridized carbons (Fsp3) is 0.158. The summed E-state index contributed by atoms with van der Waals surface area (Å²) in [6.45, 7) is 0. The number of rotatable bonds is 8. The van der Waals surface area contributed by atoms with Crippen molar-refractivity contribution in [2.24, 2.45) is 5.10 Å². The van der Waals surface area contributed by atoms with Gasteiger partial charge >= 0.3 is 6.18 Å². The zero-order valence-electron chi connectivity index (χ0n) is 16.9. The Kier molecular flexibility index (Phi) is 7.66. The molecule has 3 rings (SSSR count). The molecule has 2 aromatic carbocycles. The number of halogens is 4. The minimum atomic E-state index is -4.64. The molecule has 0 saturated carbocycles. The first kappa shape index (κ1) is 24.2. The third-order valence-electron chi connectivity index (χ3n) is 4.05. The highest BCUT2D eigenvalue weighted by molar-refractivity contribution is 7.99. The molecule has 14 heteroatoms. The zero-order valence-corrected chi connectivity index (χ0v) is 18.5. The molecular formula is C19H17ClF3N7O2S. The van der Waals surface area contributed by atoms with Gasteiger partial charge in [-0.05, 0) is 48.0 Å². The van der Waals surface area contributed by atoms with Gasteiger partial charge in [0.05, 0.1) is 29.7 Å². The van der Waals surface area contributed by atoms with Gasteiger partial charge in [0, 0.05) is 5.69 Å². The second-order valence-electron chi connectivity index (χ2n) is 6.35. The van der Waals surface area contributed by atoms with E-state index in [-0.39, 0.29) is 22.5 Å². The number of carbonyl (C=O) groups excluding carboxylic acids is 1. The first-order valence-corrected chi connectivity index (χ1v) is 10.5. The van der Waals surface area contributed by atoms with Crippen LogP contribution < -0.4 is 21.3 Å². The van der Waals surface area contributed by atoms with Crippen LogP contribution >= 0.6 is 23.4 Å². The summed E-state index contributed by atoms with van der Waals surface area (Å²) in [5.74, 6) is 5.99. The van der Waals surface area contributed by atoms with Crippen LogP contribution in [0.5, 0.6) is 5.75 Å². The highest BCUT2D eigenvalue weighted by Crippen LogP contribution is 2.36. The van der Waals surface area contributed by atoms with E-state index in [1.807, 2.05) is 0 Å². The number of anilines is 2. The molecule has 174 valence electrons. The SMILES string of the molecule is COc1ccc(/C=N/Nc2nnc(SCC(=O)Nc3ccc(Cl)c(C(F)(F)F)c3)n2N)cc1. The van der Waals surface area contributed by atoms with E-state index in [0.717, 1.165) is 34.1 Å². The number of nitrogens with one attached hydrogen (secondary N) is 2. The number of methoxy groups -OCH3 is 1. The van der Waals surface area contributed by atoms with Crippen molar-refractivity contribution in [3.63, 3.8) is 0 Å². The number of hydrogen-bond donors (Lipinski definition) is 3. The van der Waals surface area contributed by atoms with Gasteiger partial charge in [-0.1, -0.05) is 23.4 Å². The number of amides is 1. The summed E-state index contributed by atoms with van der Waals surface area (Å²) in [7, 11) is 1.57. The van der Waals surface area contributed by atoms with Crippen LogP contribution in [0.3, 0.4) is 0 Å². The molecule has 0 radical (unpaired) electrons. The molecule has 1 amide bonds. The molecule has 0 atom stereocenters. The van der Waals surface area contributed by atoms with Crippen LogP contribution in [0.1, 0.15) is 11.1 Å². The predicted octanol–water partition coefficient (Wildman–Crippen LogP) is 3.85. The molecule has 0 saturated heterocycles. The van der Waals surface area contributed by atoms with Gasteiger partial charge in [-0.25, -0.2) is 10.1 Å². The molecule has 0 aliphatic heterocycles. The van der Waals surface area contributed by atoms with E-state index in [2.05, 4.69) is 26.0 Å². The van der Waals surface area contributed by atoms with Crippen LogP contribution in [0.2, 0.25) is 5.02 Å². The second-order valence-corrected chi connectivity index (χ2v) is 7.70. The second kappa shape index (κ2) is 10.4. The van der Waals surface area contributed by atoms with Crippen molar-refractivity contribution in [3.8, 4) is 5.75 Å². The smallest absolute Gasteiger partial charge is 0.417 e. The van der Waals surface area contributed by atoms with Gasteiger partial charge in [0.15, 0.2) is 0 Å². The number of aromatic nitrogens is 3. The fourth-order valence-corrected chi connectivity index (χ4v) is 3.33. The molecule has 1 heterocycles. The summed E-state index contributed by atoms with van der Waals surface area (Å²) >= 11 is 6.51. The summed E-state index contributed by atoms with van der Waals surface area (Å²) in [5.41, 5.74) is 2.35. The number of benzene rings is 2. The Morgan fingerprint density at radius 2 is 2.00 bits per heavy atom. The Morgan fingerprint density at radius 3 is 2.67 bits per heavy atom. The summed E-state index contributed by atoms with van der Waals surface area (Å²) in [6, 6.07) is 10.3. The minimum absolute atomic E-state index is 0.0400. The van der Waals surface area contributed by atoms with Gasteiger partial charge in [-0.15, -0.1) is 10.2 Å². The molecule has 1 aromatic heterocycles. The Morgan fingerprint density at radius 1 is 1.27 bits per heavy atom. The first-order valence-electron chi connectivity index (χ1n) is 9.10. The van der Waals surface area contributed by atoms with E-state index < -0.39 is 22.7 Å². The predicted molar refractivity (Wildman–Crippen MR) is 120 cm³/mol. The number of carbonyl (C=O) groups is 1. The van der Waals surface area contributed by atoms with Crippen molar-refractivity contribution in [1.29, 1.82) is 0 Å². The summed E-state index contributed by atoms with van der Waals surface area (Å²) in [5, 5.41) is 13.8. The molecule has 0 aliphatic rings. The zero-order chi connectivity index (χ0) is 24.0. The van der Waals surface area contributed by atoms with E-state index in [4.69, 9.17) is 22.2 Å². The summed E-state index contributed by atoms with van der Waals surface area (Å²) in [4.78, 5) is 12.1. The highest BCUT2D eigenvalue weighted by Gasteiger charge is 2.33. The summed E-state index contributed by atoms with van der Waals surface area (Å²) in [6.07, 6.45) is -3.10. The average Bonchev–Trinajstić information content (AvgIpc) is 3.13. The average molecular weight is 500 g/mol. The van der Waals surface area contributed by atoms with Crippen LogP contribution in [-0.2, 0) is 11.0 Å². The van der Waals surface area contributed by atoms with E-state index in [9.17, 15) is 18.0 Å². The third-order valence-corrected chi connectivity index (χ3v) is 5.32. The van der Waals surface area contributed by atoms with Gasteiger partial charge in [0.25, 0.3) is 5.95 Å². The number of thioether (sulfide) groups is 1. The maximum Gasteiger partial charge on any atom is 0.417 e.